The summed E-state index contributed by atoms with van der Waals surface area (Å²) in [5, 5.41) is 16.4. The van der Waals surface area contributed by atoms with Gasteiger partial charge < -0.3 is 21.8 Å². The van der Waals surface area contributed by atoms with Crippen LogP contribution >= 0.6 is 0 Å². The summed E-state index contributed by atoms with van der Waals surface area (Å²) < 4.78 is 0. The van der Waals surface area contributed by atoms with E-state index >= 15 is 0 Å². The fourth-order valence-electron chi connectivity index (χ4n) is 2.82. The van der Waals surface area contributed by atoms with Gasteiger partial charge in [-0.3, -0.25) is 10.3 Å². The Morgan fingerprint density at radius 1 is 1.21 bits per heavy atom. The van der Waals surface area contributed by atoms with Crippen molar-refractivity contribution in [2.24, 2.45) is 5.73 Å². The van der Waals surface area contributed by atoms with Crippen LogP contribution in [0.4, 0.5) is 22.0 Å². The van der Waals surface area contributed by atoms with E-state index in [4.69, 9.17) is 11.1 Å². The van der Waals surface area contributed by atoms with Crippen molar-refractivity contribution >= 4 is 29.4 Å². The van der Waals surface area contributed by atoms with Gasteiger partial charge in [0.2, 0.25) is 0 Å². The average Bonchev–Trinajstić information content (AvgIpc) is 2.73. The van der Waals surface area contributed by atoms with Crippen molar-refractivity contribution in [2.45, 2.75) is 13.0 Å². The molecule has 0 aliphatic heterocycles. The van der Waals surface area contributed by atoms with Crippen LogP contribution < -0.4 is 21.7 Å². The smallest absolute Gasteiger partial charge is 0.320 e. The van der Waals surface area contributed by atoms with Gasteiger partial charge in [0.05, 0.1) is 17.9 Å². The quantitative estimate of drug-likeness (QED) is 0.396. The van der Waals surface area contributed by atoms with E-state index in [-0.39, 0.29) is 12.6 Å². The van der Waals surface area contributed by atoms with Gasteiger partial charge >= 0.3 is 6.03 Å². The van der Waals surface area contributed by atoms with Crippen LogP contribution in [0.25, 0.3) is 0 Å². The molecule has 6 N–H and O–H groups in total. The summed E-state index contributed by atoms with van der Waals surface area (Å²) in [5.74, 6) is 0.335. The Kier molecular flexibility index (Phi) is 6.49. The van der Waals surface area contributed by atoms with Gasteiger partial charge in [-0.05, 0) is 30.7 Å². The van der Waals surface area contributed by atoms with Gasteiger partial charge in [-0.1, -0.05) is 30.3 Å². The van der Waals surface area contributed by atoms with Crippen LogP contribution in [0.5, 0.6) is 0 Å². The second kappa shape index (κ2) is 9.43. The van der Waals surface area contributed by atoms with E-state index in [0.29, 0.717) is 17.1 Å². The number of hydrogen-bond acceptors (Lipinski definition) is 6. The topological polar surface area (TPSA) is 129 Å². The lowest BCUT2D eigenvalue weighted by Gasteiger charge is -2.18. The van der Waals surface area contributed by atoms with Crippen molar-refractivity contribution in [1.29, 1.82) is 5.41 Å². The number of nitrogens with one attached hydrogen (secondary N) is 4. The number of aromatic nitrogens is 2. The summed E-state index contributed by atoms with van der Waals surface area (Å²) in [6.45, 7) is 2.17. The van der Waals surface area contributed by atoms with Gasteiger partial charge in [-0.15, -0.1) is 0 Å². The second-order valence-corrected chi connectivity index (χ2v) is 6.41. The van der Waals surface area contributed by atoms with Crippen molar-refractivity contribution < 1.29 is 4.79 Å². The van der Waals surface area contributed by atoms with Crippen LogP contribution in [0.3, 0.4) is 0 Å². The SMILES string of the molecule is Cc1cc(Nc2cnc(NC(=O)N[C@@H](CN)c3ccccc3)cc2C=N)ccn1. The maximum Gasteiger partial charge on any atom is 0.320 e. The fourth-order valence-corrected chi connectivity index (χ4v) is 2.82. The number of hydrogen-bond donors (Lipinski definition) is 5. The lowest BCUT2D eigenvalue weighted by molar-refractivity contribution is 0.248. The molecule has 0 bridgehead atoms. The number of carbonyl (C=O) groups excluding carboxylic acids is 1. The monoisotopic (exact) mass is 389 g/mol. The highest BCUT2D eigenvalue weighted by Gasteiger charge is 2.13. The molecule has 29 heavy (non-hydrogen) atoms. The highest BCUT2D eigenvalue weighted by molar-refractivity contribution is 5.92. The first-order valence-corrected chi connectivity index (χ1v) is 9.12. The molecule has 2 aromatic heterocycles. The second-order valence-electron chi connectivity index (χ2n) is 6.41. The highest BCUT2D eigenvalue weighted by atomic mass is 16.2. The Morgan fingerprint density at radius 2 is 2.00 bits per heavy atom. The number of rotatable bonds is 7. The van der Waals surface area contributed by atoms with Gasteiger partial charge in [0.25, 0.3) is 0 Å². The molecule has 0 radical (unpaired) electrons. The lowest BCUT2D eigenvalue weighted by atomic mass is 10.1. The summed E-state index contributed by atoms with van der Waals surface area (Å²) in [6, 6.07) is 14.1. The molecule has 0 saturated heterocycles. The Morgan fingerprint density at radius 3 is 2.69 bits per heavy atom. The largest absolute Gasteiger partial charge is 0.354 e. The minimum Gasteiger partial charge on any atom is -0.354 e. The molecular formula is C21H23N7O. The van der Waals surface area contributed by atoms with Crippen LogP contribution in [-0.4, -0.2) is 28.8 Å². The number of nitrogens with zero attached hydrogens (tertiary/aromatic N) is 2. The molecule has 3 aromatic rings. The molecule has 2 amide bonds. The van der Waals surface area contributed by atoms with Crippen molar-refractivity contribution in [2.75, 3.05) is 17.2 Å². The van der Waals surface area contributed by atoms with Crippen LogP contribution in [0.2, 0.25) is 0 Å². The van der Waals surface area contributed by atoms with E-state index in [0.717, 1.165) is 16.9 Å². The van der Waals surface area contributed by atoms with Crippen molar-refractivity contribution in [1.82, 2.24) is 15.3 Å². The van der Waals surface area contributed by atoms with Crippen molar-refractivity contribution in [3.05, 3.63) is 77.7 Å². The summed E-state index contributed by atoms with van der Waals surface area (Å²) in [6.07, 6.45) is 4.48. The number of benzene rings is 1. The normalized spacial score (nSPS) is 11.4. The molecule has 148 valence electrons. The predicted octanol–water partition coefficient (Wildman–Crippen LogP) is 3.35. The van der Waals surface area contributed by atoms with Crippen LogP contribution in [-0.2, 0) is 0 Å². The van der Waals surface area contributed by atoms with Crippen molar-refractivity contribution in [3.8, 4) is 0 Å². The zero-order chi connectivity index (χ0) is 20.6. The number of anilines is 3. The number of aryl methyl sites for hydroxylation is 1. The first-order chi connectivity index (χ1) is 14.1. The average molecular weight is 389 g/mol. The maximum atomic E-state index is 12.4. The molecule has 2 heterocycles. The molecule has 1 aromatic carbocycles. The molecule has 1 atom stereocenters. The summed E-state index contributed by atoms with van der Waals surface area (Å²) in [4.78, 5) is 20.8. The molecule has 0 unspecified atom stereocenters. The van der Waals surface area contributed by atoms with Gasteiger partial charge in [0, 0.05) is 35.9 Å². The Labute approximate surface area is 169 Å². The molecule has 0 aliphatic carbocycles. The molecule has 0 aliphatic rings. The molecule has 3 rings (SSSR count). The van der Waals surface area contributed by atoms with E-state index < -0.39 is 6.03 Å². The van der Waals surface area contributed by atoms with Crippen LogP contribution in [0, 0.1) is 12.3 Å². The summed E-state index contributed by atoms with van der Waals surface area (Å²) in [5.41, 5.74) is 9.68. The van der Waals surface area contributed by atoms with Gasteiger partial charge in [-0.25, -0.2) is 9.78 Å². The summed E-state index contributed by atoms with van der Waals surface area (Å²) >= 11 is 0. The minimum atomic E-state index is -0.418. The third kappa shape index (κ3) is 5.36. The van der Waals surface area contributed by atoms with E-state index in [1.165, 1.54) is 6.21 Å². The summed E-state index contributed by atoms with van der Waals surface area (Å²) in [7, 11) is 0. The lowest BCUT2D eigenvalue weighted by Crippen LogP contribution is -2.36. The Balaban J connectivity index is 1.69. The molecule has 0 fully saturated rings. The van der Waals surface area contributed by atoms with Gasteiger partial charge in [0.15, 0.2) is 0 Å². The van der Waals surface area contributed by atoms with Gasteiger partial charge in [0.1, 0.15) is 5.82 Å². The van der Waals surface area contributed by atoms with Gasteiger partial charge in [-0.2, -0.15) is 0 Å². The number of pyridine rings is 2. The fraction of sp³-hybridized carbons (Fsp3) is 0.143. The number of urea groups is 1. The molecular weight excluding hydrogens is 366 g/mol. The first kappa shape index (κ1) is 20.0. The number of amides is 2. The Bertz CT molecular complexity index is 991. The number of carbonyl (C=O) groups is 1. The van der Waals surface area contributed by atoms with E-state index in [9.17, 15) is 4.79 Å². The molecule has 0 saturated carbocycles. The third-order valence-electron chi connectivity index (χ3n) is 4.25. The van der Waals surface area contributed by atoms with E-state index in [1.807, 2.05) is 49.4 Å². The van der Waals surface area contributed by atoms with Crippen LogP contribution in [0.1, 0.15) is 22.9 Å². The highest BCUT2D eigenvalue weighted by Crippen LogP contribution is 2.21. The Hall–Kier alpha value is -3.78. The molecule has 8 nitrogen and oxygen atoms in total. The number of nitrogens with two attached hydrogens (primary N) is 1. The van der Waals surface area contributed by atoms with Crippen LogP contribution in [0.15, 0.2) is 60.9 Å². The maximum absolute atomic E-state index is 12.4. The third-order valence-corrected chi connectivity index (χ3v) is 4.25. The predicted molar refractivity (Wildman–Crippen MR) is 115 cm³/mol. The zero-order valence-corrected chi connectivity index (χ0v) is 16.0. The zero-order valence-electron chi connectivity index (χ0n) is 16.0. The molecule has 0 spiro atoms. The first-order valence-electron chi connectivity index (χ1n) is 9.12. The molecule has 8 heteroatoms. The van der Waals surface area contributed by atoms with E-state index in [2.05, 4.69) is 25.9 Å². The van der Waals surface area contributed by atoms with E-state index in [1.54, 1.807) is 18.5 Å². The minimum absolute atomic E-state index is 0.269. The standard InChI is InChI=1S/C21H23N7O/c1-14-9-17(7-8-24-14)26-19-13-25-20(10-16(19)11-22)28-21(29)27-18(12-23)15-5-3-2-4-6-15/h2-11,13,18,22H,12,23H2,1H3,(H,24,26)(H2,25,27,28,29)/t18-/m0/s1. The van der Waals surface area contributed by atoms with Crippen molar-refractivity contribution in [3.63, 3.8) is 0 Å².